The third kappa shape index (κ3) is 4.88. The minimum atomic E-state index is -1.82. The van der Waals surface area contributed by atoms with Gasteiger partial charge >= 0.3 is 18.0 Å². The Morgan fingerprint density at radius 2 is 1.87 bits per heavy atom. The molecule has 2 unspecified atom stereocenters. The van der Waals surface area contributed by atoms with Gasteiger partial charge in [0.15, 0.2) is 5.76 Å². The van der Waals surface area contributed by atoms with Gasteiger partial charge in [0.05, 0.1) is 12.6 Å². The molecule has 1 aromatic heterocycles. The van der Waals surface area contributed by atoms with Gasteiger partial charge in [0.1, 0.15) is 5.69 Å². The summed E-state index contributed by atoms with van der Waals surface area (Å²) < 4.78 is 10.8. The van der Waals surface area contributed by atoms with Gasteiger partial charge in [-0.3, -0.25) is 4.90 Å². The number of aliphatic carboxylic acids is 2. The van der Waals surface area contributed by atoms with E-state index in [-0.39, 0.29) is 18.2 Å². The second kappa shape index (κ2) is 9.65. The van der Waals surface area contributed by atoms with Gasteiger partial charge in [-0.25, -0.2) is 14.4 Å². The Hall–Kier alpha value is -3.33. The maximum Gasteiger partial charge on any atom is 0.414 e. The molecule has 3 heterocycles. The topological polar surface area (TPSA) is 130 Å². The second-order valence-corrected chi connectivity index (χ2v) is 7.38. The van der Waals surface area contributed by atoms with Crippen LogP contribution < -0.4 is 0 Å². The zero-order valence-electron chi connectivity index (χ0n) is 16.7. The highest BCUT2D eigenvalue weighted by Crippen LogP contribution is 2.45. The first-order chi connectivity index (χ1) is 14.8. The van der Waals surface area contributed by atoms with Gasteiger partial charge in [-0.2, -0.15) is 0 Å². The molecular weight excluding hydrogens is 428 g/mol. The van der Waals surface area contributed by atoms with Gasteiger partial charge in [0.25, 0.3) is 0 Å². The van der Waals surface area contributed by atoms with Gasteiger partial charge in [0.2, 0.25) is 0 Å². The molecule has 2 bridgehead atoms. The molecule has 0 radical (unpaired) electrons. The highest BCUT2D eigenvalue weighted by molar-refractivity contribution is 6.33. The molecule has 164 valence electrons. The molecule has 9 nitrogen and oxygen atoms in total. The SMILES string of the molecule is CCOC(=O)N1C2CCC1C(c1cc(-c3ccccc3)on1)=C(Cl)C2.O=C(O)C(=O)O. The van der Waals surface area contributed by atoms with E-state index < -0.39 is 11.9 Å². The molecule has 1 saturated heterocycles. The summed E-state index contributed by atoms with van der Waals surface area (Å²) in [4.78, 5) is 32.4. The fraction of sp³-hybridized carbons (Fsp3) is 0.333. The first-order valence-electron chi connectivity index (χ1n) is 9.65. The molecule has 2 atom stereocenters. The number of nitrogens with zero attached hydrogens (tertiary/aromatic N) is 2. The van der Waals surface area contributed by atoms with Crippen LogP contribution in [0, 0.1) is 0 Å². The summed E-state index contributed by atoms with van der Waals surface area (Å²) in [6.07, 6.45) is 2.15. The van der Waals surface area contributed by atoms with Crippen molar-refractivity contribution in [1.82, 2.24) is 10.1 Å². The van der Waals surface area contributed by atoms with E-state index in [4.69, 9.17) is 40.7 Å². The van der Waals surface area contributed by atoms with E-state index in [0.29, 0.717) is 24.5 Å². The lowest BCUT2D eigenvalue weighted by Gasteiger charge is -2.34. The lowest BCUT2D eigenvalue weighted by atomic mass is 9.98. The summed E-state index contributed by atoms with van der Waals surface area (Å²) in [6, 6.07) is 11.7. The average molecular weight is 449 g/mol. The minimum absolute atomic E-state index is 0.0981. The van der Waals surface area contributed by atoms with Crippen molar-refractivity contribution in [3.05, 3.63) is 47.1 Å². The normalized spacial score (nSPS) is 19.5. The van der Waals surface area contributed by atoms with Crippen LogP contribution in [0.3, 0.4) is 0 Å². The lowest BCUT2D eigenvalue weighted by Crippen LogP contribution is -2.44. The second-order valence-electron chi connectivity index (χ2n) is 6.93. The van der Waals surface area contributed by atoms with E-state index in [1.165, 1.54) is 0 Å². The van der Waals surface area contributed by atoms with Crippen molar-refractivity contribution in [2.24, 2.45) is 0 Å². The number of fused-ring (bicyclic) bond motifs is 2. The van der Waals surface area contributed by atoms with Crippen LogP contribution in [0.5, 0.6) is 0 Å². The number of aromatic nitrogens is 1. The van der Waals surface area contributed by atoms with E-state index >= 15 is 0 Å². The molecule has 31 heavy (non-hydrogen) atoms. The number of carboxylic acids is 2. The summed E-state index contributed by atoms with van der Waals surface area (Å²) >= 11 is 6.57. The van der Waals surface area contributed by atoms with Gasteiger partial charge in [-0.1, -0.05) is 47.1 Å². The van der Waals surface area contributed by atoms with Crippen LogP contribution in [0.1, 0.15) is 31.9 Å². The Bertz CT molecular complexity index is 990. The molecule has 1 amide bonds. The Labute approximate surface area is 182 Å². The summed E-state index contributed by atoms with van der Waals surface area (Å²) in [5, 5.41) is 19.8. The Morgan fingerprint density at radius 3 is 2.48 bits per heavy atom. The van der Waals surface area contributed by atoms with Crippen molar-refractivity contribution in [3.8, 4) is 11.3 Å². The molecular formula is C21H21ClN2O7. The van der Waals surface area contributed by atoms with Crippen molar-refractivity contribution < 1.29 is 33.9 Å². The molecule has 4 rings (SSSR count). The van der Waals surface area contributed by atoms with Crippen molar-refractivity contribution in [2.75, 3.05) is 6.61 Å². The van der Waals surface area contributed by atoms with Crippen LogP contribution in [-0.2, 0) is 14.3 Å². The monoisotopic (exact) mass is 448 g/mol. The van der Waals surface area contributed by atoms with Crippen LogP contribution in [-0.4, -0.2) is 57.0 Å². The lowest BCUT2D eigenvalue weighted by molar-refractivity contribution is -0.159. The van der Waals surface area contributed by atoms with E-state index in [0.717, 1.165) is 29.0 Å². The van der Waals surface area contributed by atoms with Gasteiger partial charge in [-0.05, 0) is 19.8 Å². The van der Waals surface area contributed by atoms with Crippen molar-refractivity contribution >= 4 is 35.2 Å². The first kappa shape index (κ1) is 22.4. The molecule has 2 aromatic rings. The number of halogens is 1. The molecule has 0 saturated carbocycles. The molecule has 2 aliphatic heterocycles. The van der Waals surface area contributed by atoms with Crippen molar-refractivity contribution in [1.29, 1.82) is 0 Å². The molecule has 0 spiro atoms. The standard InChI is InChI=1S/C19H19ClN2O3.C2H2O4/c1-2-24-19(23)22-13-8-9-16(22)18(14(20)10-13)15-11-17(25-21-15)12-6-4-3-5-7-12;3-1(4)2(5)6/h3-7,11,13,16H,2,8-10H2,1H3;(H,3,4)(H,5,6). The zero-order chi connectivity index (χ0) is 22.5. The number of carbonyl (C=O) groups is 3. The number of carboxylic acid groups (broad SMARTS) is 2. The largest absolute Gasteiger partial charge is 0.473 e. The fourth-order valence-corrected chi connectivity index (χ4v) is 4.19. The highest BCUT2D eigenvalue weighted by atomic mass is 35.5. The van der Waals surface area contributed by atoms with E-state index in [1.54, 1.807) is 0 Å². The van der Waals surface area contributed by atoms with Crippen LogP contribution in [0.15, 0.2) is 46.0 Å². The predicted octanol–water partition coefficient (Wildman–Crippen LogP) is 3.84. The van der Waals surface area contributed by atoms with E-state index in [1.807, 2.05) is 48.2 Å². The quantitative estimate of drug-likeness (QED) is 0.677. The zero-order valence-corrected chi connectivity index (χ0v) is 17.4. The third-order valence-corrected chi connectivity index (χ3v) is 5.41. The minimum Gasteiger partial charge on any atom is -0.473 e. The third-order valence-electron chi connectivity index (χ3n) is 5.05. The number of ether oxygens (including phenoxy) is 1. The predicted molar refractivity (Wildman–Crippen MR) is 110 cm³/mol. The van der Waals surface area contributed by atoms with Crippen LogP contribution >= 0.6 is 11.6 Å². The van der Waals surface area contributed by atoms with E-state index in [9.17, 15) is 4.79 Å². The number of rotatable bonds is 3. The highest BCUT2D eigenvalue weighted by Gasteiger charge is 2.45. The smallest absolute Gasteiger partial charge is 0.414 e. The maximum atomic E-state index is 12.4. The summed E-state index contributed by atoms with van der Waals surface area (Å²) in [6.45, 7) is 2.18. The first-order valence-corrected chi connectivity index (χ1v) is 10.0. The van der Waals surface area contributed by atoms with E-state index in [2.05, 4.69) is 5.16 Å². The number of carbonyl (C=O) groups excluding carboxylic acids is 1. The summed E-state index contributed by atoms with van der Waals surface area (Å²) in [5.41, 5.74) is 2.54. The molecule has 1 fully saturated rings. The van der Waals surface area contributed by atoms with Crippen molar-refractivity contribution in [2.45, 2.75) is 38.3 Å². The molecule has 0 aliphatic carbocycles. The van der Waals surface area contributed by atoms with Crippen LogP contribution in [0.25, 0.3) is 16.9 Å². The fourth-order valence-electron chi connectivity index (χ4n) is 3.79. The summed E-state index contributed by atoms with van der Waals surface area (Å²) in [7, 11) is 0. The van der Waals surface area contributed by atoms with Crippen LogP contribution in [0.2, 0.25) is 0 Å². The Morgan fingerprint density at radius 1 is 1.19 bits per heavy atom. The molecule has 2 N–H and O–H groups in total. The van der Waals surface area contributed by atoms with Gasteiger partial charge < -0.3 is 19.5 Å². The Balaban J connectivity index is 0.000000401. The van der Waals surface area contributed by atoms with Gasteiger partial charge in [-0.15, -0.1) is 0 Å². The number of benzene rings is 1. The number of hydrogen-bond donors (Lipinski definition) is 2. The number of amides is 1. The maximum absolute atomic E-state index is 12.4. The van der Waals surface area contributed by atoms with Crippen LogP contribution in [0.4, 0.5) is 4.79 Å². The molecule has 10 heteroatoms. The average Bonchev–Trinajstić information content (AvgIpc) is 3.34. The van der Waals surface area contributed by atoms with Crippen molar-refractivity contribution in [3.63, 3.8) is 0 Å². The molecule has 2 aliphatic rings. The molecule has 1 aromatic carbocycles. The number of hydrogen-bond acceptors (Lipinski definition) is 6. The van der Waals surface area contributed by atoms with Gasteiger partial charge in [0, 0.05) is 34.7 Å². The summed E-state index contributed by atoms with van der Waals surface area (Å²) in [5.74, 6) is -2.96. The Kier molecular flexibility index (Phi) is 6.96.